The molecule has 38 valence electrons. The van der Waals surface area contributed by atoms with Crippen molar-refractivity contribution in [3.05, 3.63) is 0 Å². The highest BCUT2D eigenvalue weighted by Gasteiger charge is 1.96. The van der Waals surface area contributed by atoms with E-state index in [9.17, 15) is 8.94 Å². The highest BCUT2D eigenvalue weighted by Crippen LogP contribution is 1.93. The van der Waals surface area contributed by atoms with Crippen LogP contribution in [0.2, 0.25) is 0 Å². The maximum Gasteiger partial charge on any atom is 0.174 e. The predicted molar refractivity (Wildman–Crippen MR) is 24.8 cm³/mol. The average Bonchev–Trinajstić information content (AvgIpc) is 1.35. The van der Waals surface area contributed by atoms with Gasteiger partial charge in [-0.2, -0.15) is 0 Å². The maximum absolute atomic E-state index is 11.0. The monoisotopic (exact) mass is 130 g/mol. The Balaban J connectivity index is 2.63. The van der Waals surface area contributed by atoms with Crippen molar-refractivity contribution in [2.75, 3.05) is 12.4 Å². The summed E-state index contributed by atoms with van der Waals surface area (Å²) in [7, 11) is 3.34. The standard InChI is InChI=1S/C2H4ClFOS/c3-6(5)2-1-4/h1-2H2. The Hall–Kier alpha value is 0.530. The molecule has 0 bridgehead atoms. The molecule has 0 aromatic carbocycles. The van der Waals surface area contributed by atoms with Crippen LogP contribution in [0.4, 0.5) is 4.39 Å². The average molecular weight is 131 g/mol. The minimum atomic E-state index is -1.47. The van der Waals surface area contributed by atoms with Gasteiger partial charge < -0.3 is 4.55 Å². The van der Waals surface area contributed by atoms with Crippen LogP contribution in [-0.4, -0.2) is 17.0 Å². The van der Waals surface area contributed by atoms with Gasteiger partial charge >= 0.3 is 0 Å². The van der Waals surface area contributed by atoms with Crippen LogP contribution in [0.25, 0.3) is 0 Å². The van der Waals surface area contributed by atoms with Gasteiger partial charge in [0.25, 0.3) is 0 Å². The maximum atomic E-state index is 11.0. The highest BCUT2D eigenvalue weighted by atomic mass is 35.7. The first-order valence-corrected chi connectivity index (χ1v) is 3.52. The second kappa shape index (κ2) is 3.71. The van der Waals surface area contributed by atoms with Gasteiger partial charge in [-0.05, 0) is 0 Å². The van der Waals surface area contributed by atoms with Crippen molar-refractivity contribution >= 4 is 21.1 Å². The van der Waals surface area contributed by atoms with E-state index >= 15 is 0 Å². The quantitative estimate of drug-likeness (QED) is 0.509. The molecule has 0 saturated heterocycles. The third-order valence-electron chi connectivity index (χ3n) is 0.238. The molecule has 0 rings (SSSR count). The van der Waals surface area contributed by atoms with Crippen molar-refractivity contribution in [1.82, 2.24) is 0 Å². The van der Waals surface area contributed by atoms with Crippen molar-refractivity contribution in [3.63, 3.8) is 0 Å². The minimum Gasteiger partial charge on any atom is -0.599 e. The summed E-state index contributed by atoms with van der Waals surface area (Å²) >= 11 is 0. The molecule has 1 nitrogen and oxygen atoms in total. The lowest BCUT2D eigenvalue weighted by molar-refractivity contribution is 0.520. The Morgan fingerprint density at radius 1 is 1.83 bits per heavy atom. The molecule has 0 spiro atoms. The summed E-state index contributed by atoms with van der Waals surface area (Å²) in [4.78, 5) is 0. The van der Waals surface area contributed by atoms with Crippen LogP contribution in [0.3, 0.4) is 0 Å². The van der Waals surface area contributed by atoms with E-state index in [1.54, 1.807) is 0 Å². The van der Waals surface area contributed by atoms with Gasteiger partial charge in [-0.3, -0.25) is 0 Å². The molecule has 0 amide bonds. The second-order valence-corrected chi connectivity index (χ2v) is 2.70. The van der Waals surface area contributed by atoms with E-state index in [1.807, 2.05) is 0 Å². The third kappa shape index (κ3) is 4.53. The van der Waals surface area contributed by atoms with Crippen LogP contribution in [0.15, 0.2) is 0 Å². The summed E-state index contributed by atoms with van der Waals surface area (Å²) in [6.45, 7) is -0.601. The van der Waals surface area contributed by atoms with Crippen molar-refractivity contribution in [2.45, 2.75) is 0 Å². The lowest BCUT2D eigenvalue weighted by atomic mass is 10.9. The van der Waals surface area contributed by atoms with Crippen molar-refractivity contribution in [1.29, 1.82) is 0 Å². The summed E-state index contributed by atoms with van der Waals surface area (Å²) in [5.41, 5.74) is 0. The number of halogens is 2. The molecule has 6 heavy (non-hydrogen) atoms. The largest absolute Gasteiger partial charge is 0.599 e. The number of hydrogen-bond donors (Lipinski definition) is 0. The van der Waals surface area contributed by atoms with Gasteiger partial charge in [-0.25, -0.2) is 4.39 Å². The molecule has 0 heterocycles. The number of alkyl halides is 1. The summed E-state index contributed by atoms with van der Waals surface area (Å²) in [5, 5.41) is 0. The zero-order chi connectivity index (χ0) is 4.99. The molecule has 0 aromatic rings. The third-order valence-corrected chi connectivity index (χ3v) is 1.18. The van der Waals surface area contributed by atoms with E-state index in [-0.39, 0.29) is 5.75 Å². The Labute approximate surface area is 43.2 Å². The van der Waals surface area contributed by atoms with Crippen LogP contribution in [0.1, 0.15) is 0 Å². The molecule has 0 aliphatic carbocycles. The summed E-state index contributed by atoms with van der Waals surface area (Å²) in [5.74, 6) is -0.0540. The molecule has 4 heteroatoms. The van der Waals surface area contributed by atoms with Gasteiger partial charge in [0.1, 0.15) is 6.67 Å². The van der Waals surface area contributed by atoms with Gasteiger partial charge in [0.2, 0.25) is 0 Å². The zero-order valence-corrected chi connectivity index (χ0v) is 4.56. The fourth-order valence-corrected chi connectivity index (χ4v) is 0.357. The Morgan fingerprint density at radius 2 is 2.33 bits per heavy atom. The van der Waals surface area contributed by atoms with Gasteiger partial charge in [0.15, 0.2) is 16.4 Å². The molecule has 0 aromatic heterocycles. The van der Waals surface area contributed by atoms with Crippen LogP contribution in [0.5, 0.6) is 0 Å². The second-order valence-electron chi connectivity index (χ2n) is 0.683. The predicted octanol–water partition coefficient (Wildman–Crippen LogP) is 0.858. The lowest BCUT2D eigenvalue weighted by Crippen LogP contribution is -1.97. The summed E-state index contributed by atoms with van der Waals surface area (Å²) in [6, 6.07) is 0. The summed E-state index contributed by atoms with van der Waals surface area (Å²) < 4.78 is 20.6. The Morgan fingerprint density at radius 3 is 2.33 bits per heavy atom. The highest BCUT2D eigenvalue weighted by molar-refractivity contribution is 8.13. The molecule has 0 aliphatic rings. The van der Waals surface area contributed by atoms with Gasteiger partial charge in [-0.1, -0.05) is 0 Å². The molecular formula is C2H4ClFOS. The van der Waals surface area contributed by atoms with Gasteiger partial charge in [0.05, 0.1) is 10.4 Å². The van der Waals surface area contributed by atoms with Crippen LogP contribution in [0, 0.1) is 0 Å². The number of hydrogen-bond acceptors (Lipinski definition) is 1. The molecule has 0 N–H and O–H groups in total. The molecule has 1 atom stereocenters. The smallest absolute Gasteiger partial charge is 0.174 e. The van der Waals surface area contributed by atoms with Gasteiger partial charge in [-0.15, -0.1) is 0 Å². The molecule has 0 aliphatic heterocycles. The first kappa shape index (κ1) is 6.53. The number of rotatable bonds is 2. The Kier molecular flexibility index (Phi) is 4.04. The molecule has 0 radical (unpaired) electrons. The molecule has 0 fully saturated rings. The summed E-state index contributed by atoms with van der Waals surface area (Å²) in [6.07, 6.45) is 0. The Bertz CT molecular complexity index is 34.7. The van der Waals surface area contributed by atoms with Crippen LogP contribution < -0.4 is 0 Å². The van der Waals surface area contributed by atoms with Crippen molar-refractivity contribution in [3.8, 4) is 0 Å². The van der Waals surface area contributed by atoms with E-state index in [0.717, 1.165) is 0 Å². The molecular weight excluding hydrogens is 127 g/mol. The fourth-order valence-electron chi connectivity index (χ4n) is 0.0607. The molecule has 0 saturated carbocycles. The lowest BCUT2D eigenvalue weighted by Gasteiger charge is -1.91. The zero-order valence-electron chi connectivity index (χ0n) is 2.99. The van der Waals surface area contributed by atoms with Crippen molar-refractivity contribution < 1.29 is 8.94 Å². The normalized spacial score (nSPS) is 14.5. The van der Waals surface area contributed by atoms with Crippen molar-refractivity contribution in [2.24, 2.45) is 0 Å². The molecule has 1 unspecified atom stereocenters. The van der Waals surface area contributed by atoms with E-state index in [0.29, 0.717) is 0 Å². The topological polar surface area (TPSA) is 23.1 Å². The fraction of sp³-hybridized carbons (Fsp3) is 1.00. The SMILES string of the molecule is [O-][S+](Cl)CCF. The minimum absolute atomic E-state index is 0.0540. The van der Waals surface area contributed by atoms with E-state index in [2.05, 4.69) is 0 Å². The van der Waals surface area contributed by atoms with Gasteiger partial charge in [0, 0.05) is 0 Å². The first-order chi connectivity index (χ1) is 2.77. The van der Waals surface area contributed by atoms with Crippen LogP contribution >= 0.6 is 10.7 Å². The van der Waals surface area contributed by atoms with E-state index in [1.165, 1.54) is 0 Å². The van der Waals surface area contributed by atoms with Crippen LogP contribution in [-0.2, 0) is 10.4 Å². The van der Waals surface area contributed by atoms with E-state index < -0.39 is 17.1 Å². The van der Waals surface area contributed by atoms with E-state index in [4.69, 9.17) is 10.7 Å². The first-order valence-electron chi connectivity index (χ1n) is 1.38.